The predicted molar refractivity (Wildman–Crippen MR) is 591 cm³/mol. The minimum Gasteiger partial charge on any atom is -0.292 e. The highest BCUT2D eigenvalue weighted by molar-refractivity contribution is 6.26. The van der Waals surface area contributed by atoms with Gasteiger partial charge in [-0.15, -0.1) is 0 Å². The molecule has 3 heterocycles. The Morgan fingerprint density at radius 3 is 0.763 bits per heavy atom. The van der Waals surface area contributed by atoms with Crippen LogP contribution in [0.2, 0.25) is 0 Å². The molecule has 139 heavy (non-hydrogen) atoms. The first-order chi connectivity index (χ1) is 68.9. The molecule has 0 atom stereocenters. The van der Waals surface area contributed by atoms with Crippen LogP contribution in [-0.4, -0.2) is 19.5 Å². The lowest BCUT2D eigenvalue weighted by atomic mass is 9.84. The molecule has 0 fully saturated rings. The Balaban J connectivity index is 0.000000110. The Labute approximate surface area is 804 Å². The van der Waals surface area contributed by atoms with Crippen molar-refractivity contribution in [2.24, 2.45) is 0 Å². The van der Waals surface area contributed by atoms with E-state index in [-0.39, 0.29) is 0 Å². The van der Waals surface area contributed by atoms with Crippen molar-refractivity contribution in [3.05, 3.63) is 522 Å². The van der Waals surface area contributed by atoms with Crippen LogP contribution in [0.5, 0.6) is 0 Å². The quantitative estimate of drug-likeness (QED) is 0.121. The summed E-state index contributed by atoms with van der Waals surface area (Å²) in [4.78, 5) is 14.7. The zero-order valence-electron chi connectivity index (χ0n) is 75.9. The first kappa shape index (κ1) is 81.4. The molecule has 28 rings (SSSR count). The van der Waals surface area contributed by atoms with Gasteiger partial charge in [0.15, 0.2) is 0 Å². The first-order valence-corrected chi connectivity index (χ1v) is 47.7. The van der Waals surface area contributed by atoms with Crippen LogP contribution in [0.15, 0.2) is 522 Å². The Morgan fingerprint density at radius 2 is 0.403 bits per heavy atom. The van der Waals surface area contributed by atoms with E-state index >= 15 is 0 Å². The fourth-order valence-electron chi connectivity index (χ4n) is 21.6. The molecule has 4 nitrogen and oxygen atoms in total. The van der Waals surface area contributed by atoms with Crippen molar-refractivity contribution < 1.29 is 0 Å². The maximum absolute atomic E-state index is 5.12. The Morgan fingerprint density at radius 1 is 0.144 bits per heavy atom. The van der Waals surface area contributed by atoms with Gasteiger partial charge in [-0.25, -0.2) is 4.98 Å². The summed E-state index contributed by atoms with van der Waals surface area (Å²) in [5.41, 5.74) is 26.8. The highest BCUT2D eigenvalue weighted by Gasteiger charge is 2.25. The molecule has 0 radical (unpaired) electrons. The van der Waals surface area contributed by atoms with Crippen LogP contribution in [0.3, 0.4) is 0 Å². The van der Waals surface area contributed by atoms with E-state index in [2.05, 4.69) is 501 Å². The molecule has 0 aliphatic rings. The molecule has 4 heteroatoms. The average molecular weight is 1760 g/mol. The third kappa shape index (κ3) is 14.8. The maximum Gasteiger partial charge on any atom is 0.145 e. The van der Waals surface area contributed by atoms with Gasteiger partial charge in [0.25, 0.3) is 0 Å². The number of nitrogens with zero attached hydrogens (tertiary/aromatic N) is 4. The van der Waals surface area contributed by atoms with E-state index < -0.39 is 0 Å². The normalized spacial score (nSPS) is 11.6. The van der Waals surface area contributed by atoms with E-state index in [0.29, 0.717) is 0 Å². The molecule has 0 saturated heterocycles. The highest BCUT2D eigenvalue weighted by Crippen LogP contribution is 2.51. The van der Waals surface area contributed by atoms with Crippen molar-refractivity contribution in [2.75, 3.05) is 0 Å². The lowest BCUT2D eigenvalue weighted by molar-refractivity contribution is 1.10. The SMILES string of the molecule is c1ccc(-n2c(-c3ccc(-c4ccc5c(-c6ccc7ccccc7c6)c6ccccc6c(-c6ccc7ccccc7c6)c5c4)cc3)nc3ccccc32)cc1.c1ccc2cc(-c3c4ccccc4c(-c4ccc5ccccc5c4)c4cc(-c5ccc(-c6cnc7ccccc7c6)nc5)ccc34)ccc2c1.c1ccc2cc(-c3c4ccccc4c(-c4ccc5ccccc5c4)c4ccccc34)ccc2c1. The third-order valence-electron chi connectivity index (χ3n) is 28.2. The maximum atomic E-state index is 5.12. The van der Waals surface area contributed by atoms with Crippen LogP contribution in [0.4, 0.5) is 0 Å². The highest BCUT2D eigenvalue weighted by atomic mass is 15.1. The number of aromatic nitrogens is 4. The van der Waals surface area contributed by atoms with Crippen LogP contribution in [0, 0.1) is 0 Å². The molecule has 0 N–H and O–H groups in total. The van der Waals surface area contributed by atoms with Gasteiger partial charge in [-0.3, -0.25) is 14.5 Å². The summed E-state index contributed by atoms with van der Waals surface area (Å²) in [6.45, 7) is 0. The summed E-state index contributed by atoms with van der Waals surface area (Å²) in [5, 5.41) is 31.2. The van der Waals surface area contributed by atoms with Gasteiger partial charge in [0, 0.05) is 40.2 Å². The van der Waals surface area contributed by atoms with Crippen molar-refractivity contribution in [2.45, 2.75) is 0 Å². The molecule has 0 spiro atoms. The second kappa shape index (κ2) is 34.6. The van der Waals surface area contributed by atoms with E-state index in [1.165, 1.54) is 202 Å². The molecule has 0 amide bonds. The van der Waals surface area contributed by atoms with Crippen LogP contribution < -0.4 is 0 Å². The topological polar surface area (TPSA) is 43.6 Å². The van der Waals surface area contributed by atoms with Crippen molar-refractivity contribution in [3.63, 3.8) is 0 Å². The molecule has 0 saturated carbocycles. The van der Waals surface area contributed by atoms with Crippen LogP contribution in [0.25, 0.3) is 269 Å². The molecule has 646 valence electrons. The summed E-state index contributed by atoms with van der Waals surface area (Å²) in [5.74, 6) is 0.933. The van der Waals surface area contributed by atoms with Gasteiger partial charge in [0.1, 0.15) is 5.82 Å². The molecule has 28 aromatic rings. The molecule has 0 aliphatic heterocycles. The first-order valence-electron chi connectivity index (χ1n) is 47.7. The zero-order chi connectivity index (χ0) is 91.8. The van der Waals surface area contributed by atoms with Crippen LogP contribution in [-0.2, 0) is 0 Å². The smallest absolute Gasteiger partial charge is 0.145 e. The monoisotopic (exact) mass is 1760 g/mol. The van der Waals surface area contributed by atoms with Crippen molar-refractivity contribution >= 4 is 151 Å². The van der Waals surface area contributed by atoms with E-state index in [1.54, 1.807) is 0 Å². The van der Waals surface area contributed by atoms with Crippen molar-refractivity contribution in [1.29, 1.82) is 0 Å². The van der Waals surface area contributed by atoms with E-state index in [9.17, 15) is 0 Å². The summed E-state index contributed by atoms with van der Waals surface area (Å²) < 4.78 is 2.26. The van der Waals surface area contributed by atoms with Gasteiger partial charge in [-0.05, 0) is 304 Å². The van der Waals surface area contributed by atoms with E-state index in [4.69, 9.17) is 9.97 Å². The number of benzene rings is 25. The number of hydrogen-bond donors (Lipinski definition) is 0. The standard InChI is InChI=1S/C53H34N2.C48H30N2.C34H22/c1-2-16-44(17-3-1)55-50-21-11-10-20-49(50)54-53(55)38-26-22-37(23-27-38)41-30-31-47-48(34-41)52(43-29-25-36-13-5-7-15-40(36)33-43)46-19-9-8-18-45(46)51(47)42-28-24-35-12-4-6-14-39(35)32-42;1-3-11-33-25-37(19-17-31(33)9-1)47-41-14-6-7-15-42(41)48(38-20-18-32-10-2-4-12-34(32)26-38)44-28-35(21-23-43(44)47)39-22-24-46(49-29-39)40-27-36-13-5-8-16-45(36)50-30-40;1-3-11-25-21-27(19-17-23(25)9-1)33-29-13-5-7-15-31(29)34(32-16-8-6-14-30(32)33)28-20-18-24-10-2-4-12-26(24)22-28/h1-34H;1-30H;1-22H. The third-order valence-corrected chi connectivity index (χ3v) is 28.2. The largest absolute Gasteiger partial charge is 0.292 e. The van der Waals surface area contributed by atoms with Gasteiger partial charge in [-0.2, -0.15) is 0 Å². The summed E-state index contributed by atoms with van der Waals surface area (Å²) in [7, 11) is 0. The molecular weight excluding hydrogens is 1680 g/mol. The predicted octanol–water partition coefficient (Wildman–Crippen LogP) is 36.9. The number of fused-ring (bicyclic) bond motifs is 14. The van der Waals surface area contributed by atoms with E-state index in [1.807, 2.05) is 30.6 Å². The Hall–Kier alpha value is -18.4. The minimum absolute atomic E-state index is 0.911. The second-order valence-electron chi connectivity index (χ2n) is 36.3. The number of para-hydroxylation sites is 4. The lowest BCUT2D eigenvalue weighted by Crippen LogP contribution is -1.97. The van der Waals surface area contributed by atoms with Gasteiger partial charge in [0.2, 0.25) is 0 Å². The van der Waals surface area contributed by atoms with Crippen LogP contribution >= 0.6 is 0 Å². The fraction of sp³-hybridized carbons (Fsp3) is 0. The fourth-order valence-corrected chi connectivity index (χ4v) is 21.6. The number of pyridine rings is 2. The number of hydrogen-bond acceptors (Lipinski definition) is 3. The molecule has 0 unspecified atom stereocenters. The molecule has 0 bridgehead atoms. The van der Waals surface area contributed by atoms with Crippen molar-refractivity contribution in [1.82, 2.24) is 19.5 Å². The lowest BCUT2D eigenvalue weighted by Gasteiger charge is -2.19. The molecular formula is C135H86N4. The minimum atomic E-state index is 0.911. The van der Waals surface area contributed by atoms with E-state index in [0.717, 1.165) is 67.0 Å². The summed E-state index contributed by atoms with van der Waals surface area (Å²) >= 11 is 0. The van der Waals surface area contributed by atoms with Gasteiger partial charge in [0.05, 0.1) is 22.2 Å². The second-order valence-corrected chi connectivity index (χ2v) is 36.3. The number of imidazole rings is 1. The summed E-state index contributed by atoms with van der Waals surface area (Å²) in [6, 6.07) is 185. The average Bonchev–Trinajstić information content (AvgIpc) is 0.979. The van der Waals surface area contributed by atoms with Gasteiger partial charge < -0.3 is 0 Å². The molecule has 0 aliphatic carbocycles. The number of rotatable bonds is 11. The van der Waals surface area contributed by atoms with Crippen LogP contribution in [0.1, 0.15) is 0 Å². The molecule has 3 aromatic heterocycles. The molecule has 25 aromatic carbocycles. The van der Waals surface area contributed by atoms with Gasteiger partial charge in [-0.1, -0.05) is 419 Å². The van der Waals surface area contributed by atoms with Gasteiger partial charge >= 0.3 is 0 Å². The zero-order valence-corrected chi connectivity index (χ0v) is 75.9. The van der Waals surface area contributed by atoms with Crippen molar-refractivity contribution in [3.8, 4) is 117 Å². The Kier molecular flexibility index (Phi) is 20.3. The summed E-state index contributed by atoms with van der Waals surface area (Å²) in [6.07, 6.45) is 3.91. The Bertz CT molecular complexity index is 9580.